The van der Waals surface area contributed by atoms with Crippen LogP contribution in [0.25, 0.3) is 45.8 Å². The number of rotatable bonds is 10. The molecule has 1 amide bonds. The second-order valence-corrected chi connectivity index (χ2v) is 13.7. The molecule has 0 radical (unpaired) electrons. The van der Waals surface area contributed by atoms with Crippen molar-refractivity contribution in [3.05, 3.63) is 155 Å². The van der Waals surface area contributed by atoms with Gasteiger partial charge in [0, 0.05) is 28.8 Å². The molecule has 9 rings (SSSR count). The molecule has 9 aromatic rings. The fraction of sp³-hybridized carbons (Fsp3) is 0.0714. The fourth-order valence-electron chi connectivity index (χ4n) is 6.10. The number of aryl methyl sites for hydroxylation is 1. The molecule has 6 heterocycles. The Balaban J connectivity index is 0.000000196. The van der Waals surface area contributed by atoms with Crippen LogP contribution in [0.15, 0.2) is 119 Å². The highest BCUT2D eigenvalue weighted by Gasteiger charge is 2.21. The van der Waals surface area contributed by atoms with Gasteiger partial charge in [0.25, 0.3) is 5.91 Å². The Morgan fingerprint density at radius 3 is 1.62 bits per heavy atom. The molecular formula is C42H33ClF4N14O3. The molecule has 0 atom stereocenters. The zero-order valence-corrected chi connectivity index (χ0v) is 34.0. The molecular weight excluding hydrogens is 860 g/mol. The summed E-state index contributed by atoms with van der Waals surface area (Å²) < 4.78 is 68.4. The van der Waals surface area contributed by atoms with E-state index in [9.17, 15) is 22.4 Å². The Morgan fingerprint density at radius 2 is 1.16 bits per heavy atom. The largest absolute Gasteiger partial charge is 0.394 e. The molecule has 64 heavy (non-hydrogen) atoms. The van der Waals surface area contributed by atoms with E-state index < -0.39 is 23.3 Å². The van der Waals surface area contributed by atoms with Crippen molar-refractivity contribution >= 4 is 41.3 Å². The molecule has 0 aliphatic carbocycles. The van der Waals surface area contributed by atoms with Crippen LogP contribution in [-0.4, -0.2) is 55.7 Å². The van der Waals surface area contributed by atoms with Crippen LogP contribution in [0, 0.1) is 30.2 Å². The molecule has 6 aromatic heterocycles. The summed E-state index contributed by atoms with van der Waals surface area (Å²) in [4.78, 5) is 29.3. The van der Waals surface area contributed by atoms with Crippen molar-refractivity contribution in [1.29, 1.82) is 0 Å². The molecule has 0 aliphatic rings. The van der Waals surface area contributed by atoms with Gasteiger partial charge in [0.1, 0.15) is 41.0 Å². The van der Waals surface area contributed by atoms with Crippen molar-refractivity contribution in [3.8, 4) is 45.8 Å². The predicted molar refractivity (Wildman–Crippen MR) is 228 cm³/mol. The van der Waals surface area contributed by atoms with Gasteiger partial charge >= 0.3 is 0 Å². The van der Waals surface area contributed by atoms with Gasteiger partial charge in [-0.25, -0.2) is 37.5 Å². The third-order valence-electron chi connectivity index (χ3n) is 9.35. The number of anilines is 4. The lowest BCUT2D eigenvalue weighted by Gasteiger charge is -2.08. The quantitative estimate of drug-likeness (QED) is 0.0980. The third-order valence-corrected chi connectivity index (χ3v) is 9.35. The molecule has 22 heteroatoms. The molecule has 0 saturated carbocycles. The number of hydrogen-bond donors (Lipinski definition) is 4. The Morgan fingerprint density at radius 1 is 0.656 bits per heavy atom. The standard InChI is InChI=1S/C25H19F2N7O2.C17H13F2N7O.ClH/c1-14-5-7-15(8-6-14)25(35)30-20-12-29-24(31-23(20)28)19-11-21(18-9-10-36-33-18)34(32-19)13-16-3-2-4-17(26)22(16)27;18-10-3-1-2-9(15(10)19)8-26-14(12-4-5-27-25-12)6-13(24-26)17-22-7-11(20)16(21)23-17;/h2-12H,13H2,1H3,(H,30,35)(H2,28,29,31);1-7H,8,20H2,(H2,21,22,23);1H. The zero-order chi connectivity index (χ0) is 44.2. The Bertz CT molecular complexity index is 3070. The highest BCUT2D eigenvalue weighted by molar-refractivity contribution is 6.05. The zero-order valence-electron chi connectivity index (χ0n) is 33.2. The van der Waals surface area contributed by atoms with E-state index in [1.54, 1.807) is 36.4 Å². The number of carbonyl (C=O) groups is 1. The molecule has 0 fully saturated rings. The minimum atomic E-state index is -0.963. The SMILES string of the molecule is Cc1ccc(C(=O)Nc2cnc(-c3cc(-c4ccon4)n(Cc4cccc(F)c4F)n3)nc2N)cc1.Cl.Nc1cnc(-c2cc(-c3ccon3)n(Cc3cccc(F)c3F)n2)nc1N. The number of aromatic nitrogens is 10. The van der Waals surface area contributed by atoms with Crippen molar-refractivity contribution in [2.45, 2.75) is 20.0 Å². The molecule has 0 saturated heterocycles. The lowest BCUT2D eigenvalue weighted by molar-refractivity contribution is 0.102. The monoisotopic (exact) mass is 892 g/mol. The number of amides is 1. The molecule has 0 bridgehead atoms. The lowest BCUT2D eigenvalue weighted by Crippen LogP contribution is -2.14. The number of halogens is 5. The van der Waals surface area contributed by atoms with E-state index in [-0.39, 0.29) is 77.2 Å². The van der Waals surface area contributed by atoms with Gasteiger partial charge < -0.3 is 31.6 Å². The number of hydrogen-bond acceptors (Lipinski definition) is 14. The molecule has 0 spiro atoms. The molecule has 0 aliphatic heterocycles. The van der Waals surface area contributed by atoms with Crippen LogP contribution in [0.1, 0.15) is 27.0 Å². The van der Waals surface area contributed by atoms with Gasteiger partial charge in [0.05, 0.1) is 42.6 Å². The van der Waals surface area contributed by atoms with E-state index in [0.29, 0.717) is 39.7 Å². The van der Waals surface area contributed by atoms with Crippen LogP contribution in [0.5, 0.6) is 0 Å². The van der Waals surface area contributed by atoms with Crippen molar-refractivity contribution in [1.82, 2.24) is 49.8 Å². The van der Waals surface area contributed by atoms with E-state index in [4.69, 9.17) is 26.2 Å². The topological polar surface area (TPSA) is 246 Å². The number of carbonyl (C=O) groups excluding carboxylic acids is 1. The summed E-state index contributed by atoms with van der Waals surface area (Å²) in [6.45, 7) is 1.82. The van der Waals surface area contributed by atoms with E-state index in [0.717, 1.165) is 17.7 Å². The van der Waals surface area contributed by atoms with Crippen LogP contribution >= 0.6 is 12.4 Å². The lowest BCUT2D eigenvalue weighted by atomic mass is 10.1. The maximum absolute atomic E-state index is 14.3. The van der Waals surface area contributed by atoms with Crippen LogP contribution in [-0.2, 0) is 13.1 Å². The average molecular weight is 893 g/mol. The van der Waals surface area contributed by atoms with Gasteiger partial charge in [-0.05, 0) is 43.3 Å². The maximum Gasteiger partial charge on any atom is 0.255 e. The smallest absolute Gasteiger partial charge is 0.255 e. The highest BCUT2D eigenvalue weighted by Crippen LogP contribution is 2.29. The second-order valence-electron chi connectivity index (χ2n) is 13.7. The summed E-state index contributed by atoms with van der Waals surface area (Å²) in [5.74, 6) is -3.58. The van der Waals surface area contributed by atoms with Crippen molar-refractivity contribution < 1.29 is 31.4 Å². The van der Waals surface area contributed by atoms with Crippen molar-refractivity contribution in [2.75, 3.05) is 22.5 Å². The summed E-state index contributed by atoms with van der Waals surface area (Å²) in [5, 5.41) is 19.4. The Kier molecular flexibility index (Phi) is 12.7. The predicted octanol–water partition coefficient (Wildman–Crippen LogP) is 7.37. The first-order valence-corrected chi connectivity index (χ1v) is 18.6. The van der Waals surface area contributed by atoms with Crippen LogP contribution in [0.3, 0.4) is 0 Å². The van der Waals surface area contributed by atoms with Crippen molar-refractivity contribution in [2.24, 2.45) is 0 Å². The van der Waals surface area contributed by atoms with Gasteiger partial charge in [-0.2, -0.15) is 10.2 Å². The van der Waals surface area contributed by atoms with E-state index in [2.05, 4.69) is 45.8 Å². The number of nitrogens with two attached hydrogens (primary N) is 3. The minimum Gasteiger partial charge on any atom is -0.394 e. The van der Waals surface area contributed by atoms with Crippen LogP contribution in [0.4, 0.5) is 40.6 Å². The summed E-state index contributed by atoms with van der Waals surface area (Å²) >= 11 is 0. The fourth-order valence-corrected chi connectivity index (χ4v) is 6.10. The number of benzene rings is 3. The first kappa shape index (κ1) is 43.6. The third kappa shape index (κ3) is 9.38. The summed E-state index contributed by atoms with van der Waals surface area (Å²) in [6.07, 6.45) is 5.53. The molecule has 17 nitrogen and oxygen atoms in total. The van der Waals surface area contributed by atoms with Gasteiger partial charge in [-0.15, -0.1) is 12.4 Å². The van der Waals surface area contributed by atoms with Crippen LogP contribution in [0.2, 0.25) is 0 Å². The minimum absolute atomic E-state index is 0. The number of nitrogens with one attached hydrogen (secondary N) is 1. The van der Waals surface area contributed by atoms with Gasteiger partial charge in [-0.3, -0.25) is 14.2 Å². The highest BCUT2D eigenvalue weighted by atomic mass is 35.5. The Hall–Kier alpha value is -8.46. The Labute approximate surface area is 365 Å². The summed E-state index contributed by atoms with van der Waals surface area (Å²) in [5.41, 5.74) is 22.2. The maximum atomic E-state index is 14.3. The summed E-state index contributed by atoms with van der Waals surface area (Å²) in [6, 6.07) is 21.5. The normalized spacial score (nSPS) is 10.8. The average Bonchev–Trinajstić information content (AvgIpc) is 4.12. The molecule has 7 N–H and O–H groups in total. The molecule has 3 aromatic carbocycles. The summed E-state index contributed by atoms with van der Waals surface area (Å²) in [7, 11) is 0. The van der Waals surface area contributed by atoms with E-state index >= 15 is 0 Å². The van der Waals surface area contributed by atoms with E-state index in [1.807, 2.05) is 19.1 Å². The molecule has 324 valence electrons. The van der Waals surface area contributed by atoms with Gasteiger partial charge in [0.2, 0.25) is 0 Å². The number of nitrogen functional groups attached to an aromatic ring is 3. The molecule has 0 unspecified atom stereocenters. The van der Waals surface area contributed by atoms with Crippen LogP contribution < -0.4 is 22.5 Å². The number of nitrogens with zero attached hydrogens (tertiary/aromatic N) is 10. The van der Waals surface area contributed by atoms with E-state index in [1.165, 1.54) is 58.5 Å². The first-order chi connectivity index (χ1) is 30.4. The second kappa shape index (κ2) is 18.7. The van der Waals surface area contributed by atoms with Gasteiger partial charge in [0.15, 0.2) is 46.6 Å². The van der Waals surface area contributed by atoms with Gasteiger partial charge in [-0.1, -0.05) is 52.3 Å². The van der Waals surface area contributed by atoms with Crippen molar-refractivity contribution in [3.63, 3.8) is 0 Å². The first-order valence-electron chi connectivity index (χ1n) is 18.6.